The number of rotatable bonds is 8. The predicted molar refractivity (Wildman–Crippen MR) is 112 cm³/mol. The second-order valence-electron chi connectivity index (χ2n) is 6.40. The number of amides is 1. The Balaban J connectivity index is 1.58. The summed E-state index contributed by atoms with van der Waals surface area (Å²) in [5.41, 5.74) is 2.98. The molecule has 7 heteroatoms. The molecule has 1 aromatic heterocycles. The molecule has 28 heavy (non-hydrogen) atoms. The third-order valence-electron chi connectivity index (χ3n) is 4.19. The monoisotopic (exact) mass is 396 g/mol. The lowest BCUT2D eigenvalue weighted by Gasteiger charge is -2.10. The van der Waals surface area contributed by atoms with Gasteiger partial charge in [-0.05, 0) is 50.1 Å². The van der Waals surface area contributed by atoms with Crippen molar-refractivity contribution in [3.05, 3.63) is 65.5 Å². The van der Waals surface area contributed by atoms with Gasteiger partial charge in [0, 0.05) is 12.2 Å². The zero-order chi connectivity index (χ0) is 19.9. The maximum Gasteiger partial charge on any atom is 0.234 e. The minimum absolute atomic E-state index is 0.0704. The van der Waals surface area contributed by atoms with Gasteiger partial charge in [0.1, 0.15) is 12.4 Å². The minimum atomic E-state index is -0.0704. The SMILES string of the molecule is CCn1c(COc2ccccc2C)nnc1SCC(=O)Nc1cccc(C)c1. The fraction of sp³-hybridized carbons (Fsp3) is 0.286. The lowest BCUT2D eigenvalue weighted by Crippen LogP contribution is -2.15. The van der Waals surface area contributed by atoms with E-state index in [1.165, 1.54) is 11.8 Å². The molecule has 0 fully saturated rings. The van der Waals surface area contributed by atoms with E-state index in [2.05, 4.69) is 15.5 Å². The van der Waals surface area contributed by atoms with Gasteiger partial charge in [0.15, 0.2) is 11.0 Å². The molecule has 0 aliphatic carbocycles. The van der Waals surface area contributed by atoms with E-state index in [0.717, 1.165) is 28.4 Å². The van der Waals surface area contributed by atoms with Crippen LogP contribution in [0.15, 0.2) is 53.7 Å². The zero-order valence-corrected chi connectivity index (χ0v) is 17.1. The second-order valence-corrected chi connectivity index (χ2v) is 7.35. The van der Waals surface area contributed by atoms with Crippen LogP contribution in [-0.2, 0) is 17.9 Å². The van der Waals surface area contributed by atoms with Crippen molar-refractivity contribution in [1.82, 2.24) is 14.8 Å². The number of aromatic nitrogens is 3. The third kappa shape index (κ3) is 5.13. The Morgan fingerprint density at radius 2 is 1.96 bits per heavy atom. The smallest absolute Gasteiger partial charge is 0.234 e. The first-order valence-corrected chi connectivity index (χ1v) is 10.1. The molecular weight excluding hydrogens is 372 g/mol. The van der Waals surface area contributed by atoms with Crippen molar-refractivity contribution < 1.29 is 9.53 Å². The zero-order valence-electron chi connectivity index (χ0n) is 16.3. The van der Waals surface area contributed by atoms with Crippen LogP contribution in [0.2, 0.25) is 0 Å². The van der Waals surface area contributed by atoms with Gasteiger partial charge in [-0.15, -0.1) is 10.2 Å². The Hall–Kier alpha value is -2.80. The molecular formula is C21H24N4O2S. The van der Waals surface area contributed by atoms with Gasteiger partial charge in [-0.1, -0.05) is 42.1 Å². The van der Waals surface area contributed by atoms with Gasteiger partial charge < -0.3 is 14.6 Å². The van der Waals surface area contributed by atoms with Crippen molar-refractivity contribution in [1.29, 1.82) is 0 Å². The Morgan fingerprint density at radius 3 is 2.71 bits per heavy atom. The molecule has 0 aliphatic rings. The average Bonchev–Trinajstić information content (AvgIpc) is 3.07. The van der Waals surface area contributed by atoms with Crippen molar-refractivity contribution in [3.63, 3.8) is 0 Å². The maximum atomic E-state index is 12.2. The van der Waals surface area contributed by atoms with E-state index in [1.807, 2.05) is 73.9 Å². The number of carbonyl (C=O) groups is 1. The highest BCUT2D eigenvalue weighted by Gasteiger charge is 2.14. The molecule has 146 valence electrons. The Morgan fingerprint density at radius 1 is 1.14 bits per heavy atom. The summed E-state index contributed by atoms with van der Waals surface area (Å²) in [7, 11) is 0. The summed E-state index contributed by atoms with van der Waals surface area (Å²) < 4.78 is 7.86. The topological polar surface area (TPSA) is 69.0 Å². The van der Waals surface area contributed by atoms with E-state index in [0.29, 0.717) is 18.3 Å². The van der Waals surface area contributed by atoms with Crippen molar-refractivity contribution >= 4 is 23.4 Å². The molecule has 0 aliphatic heterocycles. The molecule has 2 aromatic carbocycles. The summed E-state index contributed by atoms with van der Waals surface area (Å²) in [5.74, 6) is 1.77. The van der Waals surface area contributed by atoms with Crippen LogP contribution >= 0.6 is 11.8 Å². The molecule has 0 saturated carbocycles. The normalized spacial score (nSPS) is 10.7. The predicted octanol–water partition coefficient (Wildman–Crippen LogP) is 4.22. The summed E-state index contributed by atoms with van der Waals surface area (Å²) in [5, 5.41) is 12.1. The molecule has 3 rings (SSSR count). The van der Waals surface area contributed by atoms with E-state index in [9.17, 15) is 4.79 Å². The highest BCUT2D eigenvalue weighted by atomic mass is 32.2. The number of ether oxygens (including phenoxy) is 1. The molecule has 1 amide bonds. The highest BCUT2D eigenvalue weighted by molar-refractivity contribution is 7.99. The van der Waals surface area contributed by atoms with Crippen LogP contribution in [0.5, 0.6) is 5.75 Å². The highest BCUT2D eigenvalue weighted by Crippen LogP contribution is 2.21. The number of nitrogens with zero attached hydrogens (tertiary/aromatic N) is 3. The number of benzene rings is 2. The number of carbonyl (C=O) groups excluding carboxylic acids is 1. The molecule has 6 nitrogen and oxygen atoms in total. The first-order valence-electron chi connectivity index (χ1n) is 9.16. The van der Waals surface area contributed by atoms with Gasteiger partial charge in [0.25, 0.3) is 0 Å². The number of para-hydroxylation sites is 1. The molecule has 1 N–H and O–H groups in total. The summed E-state index contributed by atoms with van der Waals surface area (Å²) in [6.07, 6.45) is 0. The van der Waals surface area contributed by atoms with Crippen LogP contribution in [0.1, 0.15) is 23.9 Å². The number of aryl methyl sites for hydroxylation is 2. The van der Waals surface area contributed by atoms with Crippen molar-refractivity contribution in [2.75, 3.05) is 11.1 Å². The van der Waals surface area contributed by atoms with Crippen LogP contribution in [0.25, 0.3) is 0 Å². The molecule has 0 spiro atoms. The van der Waals surface area contributed by atoms with Crippen LogP contribution < -0.4 is 10.1 Å². The fourth-order valence-electron chi connectivity index (χ4n) is 2.76. The molecule has 1 heterocycles. The van der Waals surface area contributed by atoms with Gasteiger partial charge in [0.05, 0.1) is 5.75 Å². The molecule has 0 unspecified atom stereocenters. The number of hydrogen-bond acceptors (Lipinski definition) is 5. The number of thioether (sulfide) groups is 1. The van der Waals surface area contributed by atoms with Gasteiger partial charge in [-0.3, -0.25) is 4.79 Å². The fourth-order valence-corrected chi connectivity index (χ4v) is 3.58. The molecule has 3 aromatic rings. The average molecular weight is 397 g/mol. The van der Waals surface area contributed by atoms with E-state index in [-0.39, 0.29) is 11.7 Å². The second kappa shape index (κ2) is 9.41. The third-order valence-corrected chi connectivity index (χ3v) is 5.16. The maximum absolute atomic E-state index is 12.2. The molecule has 0 radical (unpaired) electrons. The Labute approximate surface area is 169 Å². The minimum Gasteiger partial charge on any atom is -0.485 e. The Kier molecular flexibility index (Phi) is 6.71. The van der Waals surface area contributed by atoms with E-state index < -0.39 is 0 Å². The van der Waals surface area contributed by atoms with Crippen LogP contribution in [-0.4, -0.2) is 26.4 Å². The summed E-state index contributed by atoms with van der Waals surface area (Å²) in [4.78, 5) is 12.2. The summed E-state index contributed by atoms with van der Waals surface area (Å²) >= 11 is 1.37. The summed E-state index contributed by atoms with van der Waals surface area (Å²) in [6.45, 7) is 7.07. The number of hydrogen-bond donors (Lipinski definition) is 1. The molecule has 0 bridgehead atoms. The van der Waals surface area contributed by atoms with E-state index >= 15 is 0 Å². The Bertz CT molecular complexity index is 955. The quantitative estimate of drug-likeness (QED) is 0.577. The van der Waals surface area contributed by atoms with Crippen molar-refractivity contribution in [3.8, 4) is 5.75 Å². The molecule has 0 saturated heterocycles. The standard InChI is InChI=1S/C21H24N4O2S/c1-4-25-19(13-27-18-11-6-5-9-16(18)3)23-24-21(25)28-14-20(26)22-17-10-7-8-15(2)12-17/h5-12H,4,13-14H2,1-3H3,(H,22,26). The first-order chi connectivity index (χ1) is 13.6. The lowest BCUT2D eigenvalue weighted by molar-refractivity contribution is -0.113. The first kappa shape index (κ1) is 19.9. The van der Waals surface area contributed by atoms with E-state index in [4.69, 9.17) is 4.74 Å². The largest absolute Gasteiger partial charge is 0.485 e. The van der Waals surface area contributed by atoms with Gasteiger partial charge >= 0.3 is 0 Å². The van der Waals surface area contributed by atoms with Crippen LogP contribution in [0, 0.1) is 13.8 Å². The van der Waals surface area contributed by atoms with Gasteiger partial charge in [-0.25, -0.2) is 0 Å². The number of nitrogens with one attached hydrogen (secondary N) is 1. The van der Waals surface area contributed by atoms with Gasteiger partial charge in [0.2, 0.25) is 5.91 Å². The van der Waals surface area contributed by atoms with E-state index in [1.54, 1.807) is 0 Å². The van der Waals surface area contributed by atoms with Crippen LogP contribution in [0.3, 0.4) is 0 Å². The lowest BCUT2D eigenvalue weighted by atomic mass is 10.2. The van der Waals surface area contributed by atoms with Gasteiger partial charge in [-0.2, -0.15) is 0 Å². The molecule has 0 atom stereocenters. The number of anilines is 1. The van der Waals surface area contributed by atoms with Crippen molar-refractivity contribution in [2.45, 2.75) is 39.1 Å². The van der Waals surface area contributed by atoms with Crippen molar-refractivity contribution in [2.24, 2.45) is 0 Å². The van der Waals surface area contributed by atoms with Crippen LogP contribution in [0.4, 0.5) is 5.69 Å². The summed E-state index contributed by atoms with van der Waals surface area (Å²) in [6, 6.07) is 15.6.